The summed E-state index contributed by atoms with van der Waals surface area (Å²) in [6.45, 7) is 3.08. The second-order valence-electron chi connectivity index (χ2n) is 9.97. The molecule has 1 unspecified atom stereocenters. The minimum absolute atomic E-state index is 0.0339. The van der Waals surface area contributed by atoms with Crippen LogP contribution in [-0.4, -0.2) is 47.2 Å². The number of ketones is 1. The molecule has 1 amide bonds. The summed E-state index contributed by atoms with van der Waals surface area (Å²) in [6.07, 6.45) is 7.64. The Morgan fingerprint density at radius 2 is 1.80 bits per heavy atom. The molecule has 206 valence electrons. The van der Waals surface area contributed by atoms with Crippen LogP contribution in [0.25, 0.3) is 11.4 Å². The Balaban J connectivity index is 1.40. The zero-order valence-electron chi connectivity index (χ0n) is 22.6. The molecule has 3 aromatic heterocycles. The van der Waals surface area contributed by atoms with Crippen LogP contribution in [0.3, 0.4) is 0 Å². The first kappa shape index (κ1) is 26.1. The summed E-state index contributed by atoms with van der Waals surface area (Å²) in [5.74, 6) is -1.03. The third kappa shape index (κ3) is 5.09. The summed E-state index contributed by atoms with van der Waals surface area (Å²) in [5.41, 5.74) is 3.30. The van der Waals surface area contributed by atoms with Gasteiger partial charge in [-0.2, -0.15) is 0 Å². The van der Waals surface area contributed by atoms with E-state index in [0.717, 1.165) is 5.56 Å². The normalized spacial score (nSPS) is 16.5. The number of fused-ring (bicyclic) bond motifs is 1. The molecule has 0 aliphatic carbocycles. The lowest BCUT2D eigenvalue weighted by Gasteiger charge is -2.26. The van der Waals surface area contributed by atoms with Crippen LogP contribution >= 0.6 is 0 Å². The van der Waals surface area contributed by atoms with E-state index in [1.165, 1.54) is 0 Å². The third-order valence-corrected chi connectivity index (χ3v) is 7.27. The van der Waals surface area contributed by atoms with E-state index in [4.69, 9.17) is 4.74 Å². The molecule has 0 radical (unpaired) electrons. The van der Waals surface area contributed by atoms with E-state index in [1.54, 1.807) is 34.9 Å². The second kappa shape index (κ2) is 11.1. The molecule has 1 N–H and O–H groups in total. The van der Waals surface area contributed by atoms with Crippen LogP contribution in [-0.2, 0) is 22.7 Å². The predicted octanol–water partition coefficient (Wildman–Crippen LogP) is 4.93. The first-order chi connectivity index (χ1) is 20.0. The number of carbonyl (C=O) groups excluding carboxylic acids is 2. The van der Waals surface area contributed by atoms with Gasteiger partial charge in [-0.25, -0.2) is 9.97 Å². The number of pyridine rings is 1. The zero-order chi connectivity index (χ0) is 28.3. The number of aliphatic hydroxyl groups is 1. The van der Waals surface area contributed by atoms with Gasteiger partial charge in [0.1, 0.15) is 23.7 Å². The molecular weight excluding hydrogens is 518 g/mol. The molecule has 1 saturated heterocycles. The van der Waals surface area contributed by atoms with Gasteiger partial charge in [-0.1, -0.05) is 48.5 Å². The number of likely N-dealkylation sites (tertiary alicyclic amines) is 1. The topological polar surface area (TPSA) is 102 Å². The van der Waals surface area contributed by atoms with E-state index < -0.39 is 17.7 Å². The van der Waals surface area contributed by atoms with Gasteiger partial charge in [0.05, 0.1) is 23.6 Å². The molecule has 41 heavy (non-hydrogen) atoms. The van der Waals surface area contributed by atoms with Crippen LogP contribution in [0.5, 0.6) is 5.75 Å². The Bertz CT molecular complexity index is 1740. The first-order valence-corrected chi connectivity index (χ1v) is 13.5. The number of aryl methyl sites for hydroxylation is 2. The van der Waals surface area contributed by atoms with Crippen molar-refractivity contribution < 1.29 is 19.4 Å². The molecule has 0 bridgehead atoms. The number of hydrogen-bond donors (Lipinski definition) is 1. The van der Waals surface area contributed by atoms with Gasteiger partial charge in [-0.15, -0.1) is 0 Å². The Kier molecular flexibility index (Phi) is 7.08. The molecule has 0 saturated carbocycles. The van der Waals surface area contributed by atoms with Crippen molar-refractivity contribution in [2.75, 3.05) is 6.54 Å². The first-order valence-electron chi connectivity index (χ1n) is 13.5. The Labute approximate surface area is 237 Å². The number of carbonyl (C=O) groups is 2. The zero-order valence-corrected chi connectivity index (χ0v) is 22.6. The molecule has 4 heterocycles. The van der Waals surface area contributed by atoms with Gasteiger partial charge < -0.3 is 19.3 Å². The molecule has 6 rings (SSSR count). The Hall–Kier alpha value is -5.18. The maximum atomic E-state index is 13.6. The highest BCUT2D eigenvalue weighted by Gasteiger charge is 2.46. The molecule has 5 aromatic rings. The lowest BCUT2D eigenvalue weighted by Crippen LogP contribution is -2.31. The molecule has 1 aliphatic rings. The van der Waals surface area contributed by atoms with Crippen LogP contribution < -0.4 is 4.74 Å². The van der Waals surface area contributed by atoms with Gasteiger partial charge in [0.15, 0.2) is 5.76 Å². The molecule has 1 fully saturated rings. The van der Waals surface area contributed by atoms with Crippen molar-refractivity contribution in [3.8, 4) is 5.75 Å². The SMILES string of the molecule is Cc1nc2ccccn2c1/C(O)=C1\C(=O)C(=O)N(CCCn2ccnc2)C1c1cccc(OCc2ccccc2)c1. The van der Waals surface area contributed by atoms with Crippen LogP contribution in [0.4, 0.5) is 0 Å². The lowest BCUT2D eigenvalue weighted by molar-refractivity contribution is -0.139. The molecule has 2 aromatic carbocycles. The van der Waals surface area contributed by atoms with Crippen molar-refractivity contribution in [1.82, 2.24) is 23.8 Å². The maximum absolute atomic E-state index is 13.6. The largest absolute Gasteiger partial charge is 0.505 e. The van der Waals surface area contributed by atoms with Crippen molar-refractivity contribution in [3.05, 3.63) is 126 Å². The van der Waals surface area contributed by atoms with E-state index in [0.29, 0.717) is 54.5 Å². The number of rotatable bonds is 9. The number of Topliss-reactive ketones (excluding diaryl/α,β-unsaturated/α-hetero) is 1. The number of aromatic nitrogens is 4. The van der Waals surface area contributed by atoms with Crippen LogP contribution in [0.1, 0.15) is 35.0 Å². The Morgan fingerprint density at radius 3 is 2.61 bits per heavy atom. The molecular formula is C32H29N5O4. The number of ether oxygens (including phenoxy) is 1. The van der Waals surface area contributed by atoms with E-state index in [1.807, 2.05) is 83.6 Å². The second-order valence-corrected chi connectivity index (χ2v) is 9.97. The molecule has 9 nitrogen and oxygen atoms in total. The highest BCUT2D eigenvalue weighted by atomic mass is 16.5. The Morgan fingerprint density at radius 1 is 0.976 bits per heavy atom. The van der Waals surface area contributed by atoms with Gasteiger partial charge in [0.25, 0.3) is 11.7 Å². The highest BCUT2D eigenvalue weighted by molar-refractivity contribution is 6.46. The number of hydrogen-bond acceptors (Lipinski definition) is 6. The average Bonchev–Trinajstić information content (AvgIpc) is 3.69. The molecule has 1 aliphatic heterocycles. The number of imidazole rings is 2. The fourth-order valence-corrected chi connectivity index (χ4v) is 5.34. The standard InChI is InChI=1S/C32H29N5O4/c1-22-28(36-16-6-5-13-26(36)34-22)30(38)27-29(37(32(40)31(27)39)17-8-15-35-18-14-33-21-35)24-11-7-12-25(19-24)41-20-23-9-3-2-4-10-23/h2-7,9-14,16,18-19,21,29,38H,8,15,17,20H2,1H3/b30-27+. The number of amides is 1. The monoisotopic (exact) mass is 547 g/mol. The predicted molar refractivity (Wildman–Crippen MR) is 153 cm³/mol. The summed E-state index contributed by atoms with van der Waals surface area (Å²) in [6, 6.07) is 21.9. The molecule has 0 spiro atoms. The molecule has 9 heteroatoms. The van der Waals surface area contributed by atoms with Crippen molar-refractivity contribution in [2.24, 2.45) is 0 Å². The van der Waals surface area contributed by atoms with E-state index >= 15 is 0 Å². The fraction of sp³-hybridized carbons (Fsp3) is 0.188. The number of nitrogens with zero attached hydrogens (tertiary/aromatic N) is 5. The quantitative estimate of drug-likeness (QED) is 0.160. The minimum Gasteiger partial charge on any atom is -0.505 e. The van der Waals surface area contributed by atoms with Crippen molar-refractivity contribution >= 4 is 23.1 Å². The summed E-state index contributed by atoms with van der Waals surface area (Å²) in [5, 5.41) is 11.7. The summed E-state index contributed by atoms with van der Waals surface area (Å²) in [4.78, 5) is 37.2. The average molecular weight is 548 g/mol. The highest BCUT2D eigenvalue weighted by Crippen LogP contribution is 2.41. The van der Waals surface area contributed by atoms with Crippen LogP contribution in [0.2, 0.25) is 0 Å². The lowest BCUT2D eigenvalue weighted by atomic mass is 9.96. The minimum atomic E-state index is -0.799. The number of benzene rings is 2. The van der Waals surface area contributed by atoms with Gasteiger partial charge in [-0.3, -0.25) is 14.0 Å². The smallest absolute Gasteiger partial charge is 0.295 e. The van der Waals surface area contributed by atoms with Crippen molar-refractivity contribution in [2.45, 2.75) is 32.5 Å². The summed E-state index contributed by atoms with van der Waals surface area (Å²) >= 11 is 0. The van der Waals surface area contributed by atoms with E-state index in [-0.39, 0.29) is 11.3 Å². The van der Waals surface area contributed by atoms with Crippen LogP contribution in [0, 0.1) is 6.92 Å². The molecule has 1 atom stereocenters. The van der Waals surface area contributed by atoms with E-state index in [9.17, 15) is 14.7 Å². The summed E-state index contributed by atoms with van der Waals surface area (Å²) in [7, 11) is 0. The van der Waals surface area contributed by atoms with Crippen molar-refractivity contribution in [3.63, 3.8) is 0 Å². The van der Waals surface area contributed by atoms with E-state index in [2.05, 4.69) is 9.97 Å². The van der Waals surface area contributed by atoms with Gasteiger partial charge in [0.2, 0.25) is 0 Å². The van der Waals surface area contributed by atoms with Crippen LogP contribution in [0.15, 0.2) is 103 Å². The fourth-order valence-electron chi connectivity index (χ4n) is 5.34. The van der Waals surface area contributed by atoms with Gasteiger partial charge in [-0.05, 0) is 48.7 Å². The van der Waals surface area contributed by atoms with Crippen molar-refractivity contribution in [1.29, 1.82) is 0 Å². The number of aliphatic hydroxyl groups excluding tert-OH is 1. The maximum Gasteiger partial charge on any atom is 0.295 e. The summed E-state index contributed by atoms with van der Waals surface area (Å²) < 4.78 is 9.72. The third-order valence-electron chi connectivity index (χ3n) is 7.27. The van der Waals surface area contributed by atoms with Gasteiger partial charge in [0, 0.05) is 31.7 Å². The van der Waals surface area contributed by atoms with Gasteiger partial charge >= 0.3 is 0 Å².